The molecule has 1 fully saturated rings. The van der Waals surface area contributed by atoms with Crippen LogP contribution in [0.25, 0.3) is 0 Å². The number of nitrogens with one attached hydrogen (secondary N) is 1. The van der Waals surface area contributed by atoms with Crippen molar-refractivity contribution in [2.24, 2.45) is 0 Å². The van der Waals surface area contributed by atoms with Crippen molar-refractivity contribution >= 4 is 16.0 Å². The van der Waals surface area contributed by atoms with E-state index in [-0.39, 0.29) is 6.42 Å². The predicted molar refractivity (Wildman–Crippen MR) is 51.4 cm³/mol. The highest BCUT2D eigenvalue weighted by Gasteiger charge is 2.38. The predicted octanol–water partition coefficient (Wildman–Crippen LogP) is 0.323. The normalized spacial score (nSPS) is 20.9. The topological polar surface area (TPSA) is 83.5 Å². The highest BCUT2D eigenvalue weighted by Crippen LogP contribution is 2.33. The number of sulfonamides is 1. The van der Waals surface area contributed by atoms with Crippen molar-refractivity contribution in [1.29, 1.82) is 0 Å². The van der Waals surface area contributed by atoms with Gasteiger partial charge >= 0.3 is 5.97 Å². The van der Waals surface area contributed by atoms with Gasteiger partial charge in [0.25, 0.3) is 0 Å². The summed E-state index contributed by atoms with van der Waals surface area (Å²) in [5.74, 6) is -0.956. The van der Waals surface area contributed by atoms with E-state index in [0.29, 0.717) is 12.8 Å². The summed E-state index contributed by atoms with van der Waals surface area (Å²) < 4.78 is 24.6. The summed E-state index contributed by atoms with van der Waals surface area (Å²) in [6.07, 6.45) is 3.94. The minimum atomic E-state index is -3.32. The van der Waals surface area contributed by atoms with Crippen LogP contribution < -0.4 is 4.72 Å². The molecular weight excluding hydrogens is 206 g/mol. The van der Waals surface area contributed by atoms with Crippen molar-refractivity contribution in [2.75, 3.05) is 6.26 Å². The van der Waals surface area contributed by atoms with Crippen LogP contribution in [0.2, 0.25) is 0 Å². The molecule has 1 aliphatic rings. The van der Waals surface area contributed by atoms with Gasteiger partial charge in [-0.1, -0.05) is 12.8 Å². The number of carboxylic acid groups (broad SMARTS) is 1. The minimum absolute atomic E-state index is 0.125. The standard InChI is InChI=1S/C8H15NO4S/c1-14(12,13)9-8(6-7(10)11)4-2-3-5-8/h9H,2-6H2,1H3,(H,10,11). The molecule has 0 saturated heterocycles. The van der Waals surface area contributed by atoms with Gasteiger partial charge in [-0.2, -0.15) is 0 Å². The van der Waals surface area contributed by atoms with E-state index in [1.54, 1.807) is 0 Å². The van der Waals surface area contributed by atoms with E-state index in [1.807, 2.05) is 0 Å². The van der Waals surface area contributed by atoms with Gasteiger partial charge in [0.2, 0.25) is 10.0 Å². The molecule has 0 bridgehead atoms. The molecule has 0 amide bonds. The molecule has 0 radical (unpaired) electrons. The molecule has 0 aromatic rings. The smallest absolute Gasteiger partial charge is 0.305 e. The van der Waals surface area contributed by atoms with Gasteiger partial charge in [0, 0.05) is 5.54 Å². The van der Waals surface area contributed by atoms with Crippen molar-refractivity contribution in [3.05, 3.63) is 0 Å². The Hall–Kier alpha value is -0.620. The Balaban J connectivity index is 2.77. The maximum atomic E-state index is 11.1. The summed E-state index contributed by atoms with van der Waals surface area (Å²) in [6, 6.07) is 0. The zero-order chi connectivity index (χ0) is 10.8. The van der Waals surface area contributed by atoms with Gasteiger partial charge in [0.1, 0.15) is 0 Å². The van der Waals surface area contributed by atoms with Gasteiger partial charge in [-0.3, -0.25) is 4.79 Å². The van der Waals surface area contributed by atoms with E-state index >= 15 is 0 Å². The molecule has 82 valence electrons. The van der Waals surface area contributed by atoms with Crippen molar-refractivity contribution in [1.82, 2.24) is 4.72 Å². The SMILES string of the molecule is CS(=O)(=O)NC1(CC(=O)O)CCCC1. The Bertz CT molecular complexity index is 316. The number of carboxylic acids is 1. The maximum Gasteiger partial charge on any atom is 0.305 e. The van der Waals surface area contributed by atoms with Gasteiger partial charge in [0.15, 0.2) is 0 Å². The number of aliphatic carboxylic acids is 1. The van der Waals surface area contributed by atoms with E-state index in [9.17, 15) is 13.2 Å². The Morgan fingerprint density at radius 2 is 1.93 bits per heavy atom. The Morgan fingerprint density at radius 3 is 2.29 bits per heavy atom. The summed E-state index contributed by atoms with van der Waals surface area (Å²) in [4.78, 5) is 10.6. The fourth-order valence-corrected chi connectivity index (χ4v) is 3.11. The summed E-state index contributed by atoms with van der Waals surface area (Å²) in [7, 11) is -3.32. The molecule has 0 aromatic heterocycles. The molecule has 14 heavy (non-hydrogen) atoms. The molecule has 1 saturated carbocycles. The van der Waals surface area contributed by atoms with Crippen LogP contribution in [0.1, 0.15) is 32.1 Å². The number of rotatable bonds is 4. The van der Waals surface area contributed by atoms with Crippen LogP contribution in [0.4, 0.5) is 0 Å². The van der Waals surface area contributed by atoms with Gasteiger partial charge in [-0.25, -0.2) is 13.1 Å². The second kappa shape index (κ2) is 3.86. The largest absolute Gasteiger partial charge is 0.481 e. The van der Waals surface area contributed by atoms with Crippen LogP contribution in [0.15, 0.2) is 0 Å². The Morgan fingerprint density at radius 1 is 1.43 bits per heavy atom. The van der Waals surface area contributed by atoms with E-state index in [2.05, 4.69) is 4.72 Å². The average molecular weight is 221 g/mol. The lowest BCUT2D eigenvalue weighted by atomic mass is 9.95. The Kier molecular flexibility index (Phi) is 3.16. The van der Waals surface area contributed by atoms with Crippen LogP contribution in [0.3, 0.4) is 0 Å². The van der Waals surface area contributed by atoms with Crippen LogP contribution in [0.5, 0.6) is 0 Å². The maximum absolute atomic E-state index is 11.1. The van der Waals surface area contributed by atoms with Gasteiger partial charge in [0.05, 0.1) is 12.7 Å². The van der Waals surface area contributed by atoms with Crippen molar-refractivity contribution in [3.63, 3.8) is 0 Å². The highest BCUT2D eigenvalue weighted by atomic mass is 32.2. The summed E-state index contributed by atoms with van der Waals surface area (Å²) in [5, 5.41) is 8.70. The molecule has 0 unspecified atom stereocenters. The van der Waals surface area contributed by atoms with E-state index in [0.717, 1.165) is 19.1 Å². The van der Waals surface area contributed by atoms with E-state index in [4.69, 9.17) is 5.11 Å². The average Bonchev–Trinajstić information content (AvgIpc) is 2.30. The van der Waals surface area contributed by atoms with Crippen LogP contribution in [0, 0.1) is 0 Å². The summed E-state index contributed by atoms with van der Waals surface area (Å²) >= 11 is 0. The number of hydrogen-bond acceptors (Lipinski definition) is 3. The molecule has 1 aliphatic carbocycles. The fraction of sp³-hybridized carbons (Fsp3) is 0.875. The summed E-state index contributed by atoms with van der Waals surface area (Å²) in [6.45, 7) is 0. The van der Waals surface area contributed by atoms with Crippen molar-refractivity contribution in [3.8, 4) is 0 Å². The zero-order valence-electron chi connectivity index (χ0n) is 8.12. The van der Waals surface area contributed by atoms with Crippen LogP contribution >= 0.6 is 0 Å². The second-order valence-electron chi connectivity index (χ2n) is 3.93. The molecule has 0 aliphatic heterocycles. The van der Waals surface area contributed by atoms with Crippen molar-refractivity contribution in [2.45, 2.75) is 37.6 Å². The molecular formula is C8H15NO4S. The van der Waals surface area contributed by atoms with Gasteiger partial charge in [-0.15, -0.1) is 0 Å². The molecule has 0 atom stereocenters. The number of hydrogen-bond donors (Lipinski definition) is 2. The fourth-order valence-electron chi connectivity index (χ4n) is 2.05. The lowest BCUT2D eigenvalue weighted by Gasteiger charge is -2.27. The molecule has 1 rings (SSSR count). The van der Waals surface area contributed by atoms with Crippen molar-refractivity contribution < 1.29 is 18.3 Å². The molecule has 0 spiro atoms. The molecule has 5 nitrogen and oxygen atoms in total. The zero-order valence-corrected chi connectivity index (χ0v) is 8.93. The summed E-state index contributed by atoms with van der Waals surface area (Å²) in [5.41, 5.74) is -0.737. The first-order chi connectivity index (χ1) is 6.33. The monoisotopic (exact) mass is 221 g/mol. The van der Waals surface area contributed by atoms with Crippen LogP contribution in [-0.4, -0.2) is 31.3 Å². The lowest BCUT2D eigenvalue weighted by Crippen LogP contribution is -2.47. The third kappa shape index (κ3) is 3.26. The highest BCUT2D eigenvalue weighted by molar-refractivity contribution is 7.88. The van der Waals surface area contributed by atoms with Crippen LogP contribution in [-0.2, 0) is 14.8 Å². The minimum Gasteiger partial charge on any atom is -0.481 e. The number of carbonyl (C=O) groups is 1. The quantitative estimate of drug-likeness (QED) is 0.716. The second-order valence-corrected chi connectivity index (χ2v) is 5.68. The van der Waals surface area contributed by atoms with E-state index < -0.39 is 21.5 Å². The first-order valence-electron chi connectivity index (χ1n) is 4.54. The molecule has 6 heteroatoms. The Labute approximate surface area is 83.6 Å². The molecule has 0 heterocycles. The lowest BCUT2D eigenvalue weighted by molar-refractivity contribution is -0.138. The first-order valence-corrected chi connectivity index (χ1v) is 6.43. The third-order valence-electron chi connectivity index (χ3n) is 2.45. The first kappa shape index (κ1) is 11.5. The molecule has 0 aromatic carbocycles. The van der Waals surface area contributed by atoms with E-state index in [1.165, 1.54) is 0 Å². The molecule has 2 N–H and O–H groups in total. The van der Waals surface area contributed by atoms with Gasteiger partial charge < -0.3 is 5.11 Å². The third-order valence-corrected chi connectivity index (χ3v) is 3.26. The van der Waals surface area contributed by atoms with Gasteiger partial charge in [-0.05, 0) is 12.8 Å².